The van der Waals surface area contributed by atoms with Crippen LogP contribution in [0.5, 0.6) is 5.75 Å². The molecule has 116 valence electrons. The summed E-state index contributed by atoms with van der Waals surface area (Å²) >= 11 is 0. The number of ketones is 1. The van der Waals surface area contributed by atoms with E-state index in [1.54, 1.807) is 7.11 Å². The maximum absolute atomic E-state index is 12.4. The Bertz CT molecular complexity index is 673. The van der Waals surface area contributed by atoms with Crippen molar-refractivity contribution in [1.29, 1.82) is 0 Å². The second-order valence-electron chi connectivity index (χ2n) is 6.94. The molecular formula is C19H22O3. The van der Waals surface area contributed by atoms with Crippen molar-refractivity contribution in [3.05, 3.63) is 34.9 Å². The highest BCUT2D eigenvalue weighted by molar-refractivity contribution is 5.89. The molecule has 2 atom stereocenters. The molecule has 1 fully saturated rings. The summed E-state index contributed by atoms with van der Waals surface area (Å²) in [6, 6.07) is 6.40. The van der Waals surface area contributed by atoms with Gasteiger partial charge >= 0.3 is 0 Å². The summed E-state index contributed by atoms with van der Waals surface area (Å²) < 4.78 is 10.9. The zero-order chi connectivity index (χ0) is 15.3. The first-order chi connectivity index (χ1) is 10.6. The van der Waals surface area contributed by atoms with Gasteiger partial charge in [0.05, 0.1) is 13.7 Å². The molecule has 3 heteroatoms. The van der Waals surface area contributed by atoms with E-state index < -0.39 is 0 Å². The lowest BCUT2D eigenvalue weighted by atomic mass is 9.59. The van der Waals surface area contributed by atoms with Gasteiger partial charge in [0.2, 0.25) is 0 Å². The van der Waals surface area contributed by atoms with Crippen molar-refractivity contribution in [3.63, 3.8) is 0 Å². The predicted octanol–water partition coefficient (Wildman–Crippen LogP) is 3.41. The number of ether oxygens (including phenoxy) is 2. The zero-order valence-corrected chi connectivity index (χ0v) is 13.3. The molecule has 3 aliphatic rings. The van der Waals surface area contributed by atoms with Crippen LogP contribution in [0.15, 0.2) is 23.8 Å². The number of benzene rings is 1. The van der Waals surface area contributed by atoms with Crippen LogP contribution in [0.2, 0.25) is 0 Å². The summed E-state index contributed by atoms with van der Waals surface area (Å²) in [6.07, 6.45) is 4.04. The maximum Gasteiger partial charge on any atom is 0.165 e. The van der Waals surface area contributed by atoms with Crippen molar-refractivity contribution in [3.8, 4) is 5.75 Å². The summed E-state index contributed by atoms with van der Waals surface area (Å²) in [6.45, 7) is 3.14. The third-order valence-corrected chi connectivity index (χ3v) is 5.93. The van der Waals surface area contributed by atoms with Gasteiger partial charge in [0.25, 0.3) is 0 Å². The highest BCUT2D eigenvalue weighted by Crippen LogP contribution is 2.52. The molecule has 22 heavy (non-hydrogen) atoms. The lowest BCUT2D eigenvalue weighted by Gasteiger charge is -2.47. The Kier molecular flexibility index (Phi) is 3.15. The van der Waals surface area contributed by atoms with Gasteiger partial charge in [-0.25, -0.2) is 0 Å². The van der Waals surface area contributed by atoms with Gasteiger partial charge in [-0.05, 0) is 54.5 Å². The predicted molar refractivity (Wildman–Crippen MR) is 84.9 cm³/mol. The van der Waals surface area contributed by atoms with Crippen molar-refractivity contribution in [1.82, 2.24) is 0 Å². The van der Waals surface area contributed by atoms with E-state index in [1.165, 1.54) is 22.3 Å². The summed E-state index contributed by atoms with van der Waals surface area (Å²) in [5, 5.41) is 0. The molecule has 0 radical (unpaired) electrons. The van der Waals surface area contributed by atoms with Crippen molar-refractivity contribution in [2.75, 3.05) is 20.3 Å². The number of allylic oxidation sites excluding steroid dienone is 1. The normalized spacial score (nSPS) is 30.5. The van der Waals surface area contributed by atoms with Crippen LogP contribution in [0.25, 0.3) is 5.57 Å². The van der Waals surface area contributed by atoms with Gasteiger partial charge in [0.1, 0.15) is 12.4 Å². The van der Waals surface area contributed by atoms with Crippen LogP contribution in [0.3, 0.4) is 0 Å². The number of Topliss-reactive ketones (excluding diaryl/α,β-unsaturated/α-hetero) is 1. The molecule has 0 aromatic heterocycles. The SMILES string of the molecule is COc1ccc2c(c1)CCC1=C2CC[C@]2(C)C(=O)COC[C@@H]12. The minimum absolute atomic E-state index is 0.207. The minimum atomic E-state index is -0.207. The molecular weight excluding hydrogens is 276 g/mol. The summed E-state index contributed by atoms with van der Waals surface area (Å²) in [5.74, 6) is 1.49. The molecule has 3 nitrogen and oxygen atoms in total. The quantitative estimate of drug-likeness (QED) is 0.797. The van der Waals surface area contributed by atoms with E-state index in [0.29, 0.717) is 13.2 Å². The topological polar surface area (TPSA) is 35.5 Å². The van der Waals surface area contributed by atoms with Crippen molar-refractivity contribution >= 4 is 11.4 Å². The van der Waals surface area contributed by atoms with E-state index in [-0.39, 0.29) is 17.1 Å². The van der Waals surface area contributed by atoms with Crippen LogP contribution in [-0.4, -0.2) is 26.1 Å². The summed E-state index contributed by atoms with van der Waals surface area (Å²) in [5.41, 5.74) is 5.47. The first kappa shape index (κ1) is 14.0. The molecule has 0 amide bonds. The fourth-order valence-corrected chi connectivity index (χ4v) is 4.47. The number of methoxy groups -OCH3 is 1. The van der Waals surface area contributed by atoms with Gasteiger partial charge in [0, 0.05) is 11.3 Å². The Labute approximate surface area is 131 Å². The van der Waals surface area contributed by atoms with Crippen molar-refractivity contribution < 1.29 is 14.3 Å². The second kappa shape index (κ2) is 4.95. The zero-order valence-electron chi connectivity index (χ0n) is 13.3. The highest BCUT2D eigenvalue weighted by atomic mass is 16.5. The fourth-order valence-electron chi connectivity index (χ4n) is 4.47. The fraction of sp³-hybridized carbons (Fsp3) is 0.526. The van der Waals surface area contributed by atoms with Crippen LogP contribution in [0, 0.1) is 11.3 Å². The van der Waals surface area contributed by atoms with E-state index in [1.807, 2.05) is 6.07 Å². The average molecular weight is 298 g/mol. The van der Waals surface area contributed by atoms with Crippen LogP contribution >= 0.6 is 0 Å². The molecule has 0 bridgehead atoms. The van der Waals surface area contributed by atoms with Crippen LogP contribution < -0.4 is 4.74 Å². The number of rotatable bonds is 1. The number of hydrogen-bond acceptors (Lipinski definition) is 3. The molecule has 1 saturated heterocycles. The van der Waals surface area contributed by atoms with Gasteiger partial charge in [-0.1, -0.05) is 18.6 Å². The van der Waals surface area contributed by atoms with E-state index >= 15 is 0 Å². The smallest absolute Gasteiger partial charge is 0.165 e. The molecule has 0 N–H and O–H groups in total. The summed E-state index contributed by atoms with van der Waals surface area (Å²) in [4.78, 5) is 12.4. The minimum Gasteiger partial charge on any atom is -0.497 e. The van der Waals surface area contributed by atoms with Crippen molar-refractivity contribution in [2.45, 2.75) is 32.6 Å². The third kappa shape index (κ3) is 1.88. The third-order valence-electron chi connectivity index (χ3n) is 5.93. The molecule has 1 aromatic carbocycles. The molecule has 4 rings (SSSR count). The molecule has 1 aromatic rings. The first-order valence-electron chi connectivity index (χ1n) is 8.14. The molecule has 0 spiro atoms. The summed E-state index contributed by atoms with van der Waals surface area (Å²) in [7, 11) is 1.71. The first-order valence-corrected chi connectivity index (χ1v) is 8.14. The maximum atomic E-state index is 12.4. The Balaban J connectivity index is 1.80. The lowest BCUT2D eigenvalue weighted by Crippen LogP contribution is -2.48. The second-order valence-corrected chi connectivity index (χ2v) is 6.94. The van der Waals surface area contributed by atoms with Crippen molar-refractivity contribution in [2.24, 2.45) is 11.3 Å². The number of fused-ring (bicyclic) bond motifs is 4. The molecule has 2 aliphatic carbocycles. The number of carbonyl (C=O) groups is 1. The molecule has 0 unspecified atom stereocenters. The van der Waals surface area contributed by atoms with Gasteiger partial charge in [-0.2, -0.15) is 0 Å². The van der Waals surface area contributed by atoms with E-state index in [0.717, 1.165) is 31.4 Å². The Hall–Kier alpha value is -1.61. The average Bonchev–Trinajstić information content (AvgIpc) is 2.55. The number of hydrogen-bond donors (Lipinski definition) is 0. The van der Waals surface area contributed by atoms with E-state index in [2.05, 4.69) is 19.1 Å². The molecule has 1 heterocycles. The lowest BCUT2D eigenvalue weighted by molar-refractivity contribution is -0.145. The van der Waals surface area contributed by atoms with E-state index in [9.17, 15) is 4.79 Å². The van der Waals surface area contributed by atoms with Crippen LogP contribution in [-0.2, 0) is 16.0 Å². The number of aryl methyl sites for hydroxylation is 1. The van der Waals surface area contributed by atoms with Crippen LogP contribution in [0.4, 0.5) is 0 Å². The van der Waals surface area contributed by atoms with Crippen LogP contribution in [0.1, 0.15) is 37.3 Å². The Morgan fingerprint density at radius 3 is 2.95 bits per heavy atom. The van der Waals surface area contributed by atoms with Gasteiger partial charge in [-0.3, -0.25) is 4.79 Å². The van der Waals surface area contributed by atoms with Gasteiger partial charge < -0.3 is 9.47 Å². The molecule has 1 aliphatic heterocycles. The Morgan fingerprint density at radius 2 is 2.14 bits per heavy atom. The molecule has 0 saturated carbocycles. The van der Waals surface area contributed by atoms with Gasteiger partial charge in [0.15, 0.2) is 5.78 Å². The standard InChI is InChI=1S/C19H22O3/c1-19-8-7-15-14-6-4-13(21-2)9-12(14)3-5-16(15)17(19)10-22-11-18(19)20/h4,6,9,17H,3,5,7-8,10-11H2,1-2H3/t17-,19-/m0/s1. The van der Waals surface area contributed by atoms with E-state index in [4.69, 9.17) is 9.47 Å². The monoisotopic (exact) mass is 298 g/mol. The highest BCUT2D eigenvalue weighted by Gasteiger charge is 2.48. The van der Waals surface area contributed by atoms with Gasteiger partial charge in [-0.15, -0.1) is 0 Å². The Morgan fingerprint density at radius 1 is 1.27 bits per heavy atom. The largest absolute Gasteiger partial charge is 0.497 e. The number of carbonyl (C=O) groups excluding carboxylic acids is 1.